The lowest BCUT2D eigenvalue weighted by Gasteiger charge is -2.33. The number of hydrazine groups is 1. The van der Waals surface area contributed by atoms with Crippen LogP contribution in [0.5, 0.6) is 0 Å². The fraction of sp³-hybridized carbons (Fsp3) is 0.929. The van der Waals surface area contributed by atoms with Gasteiger partial charge in [0.15, 0.2) is 5.66 Å². The summed E-state index contributed by atoms with van der Waals surface area (Å²) in [5, 5.41) is 10.4. The zero-order chi connectivity index (χ0) is 14.7. The van der Waals surface area contributed by atoms with Crippen LogP contribution in [0.3, 0.4) is 0 Å². The maximum Gasteiger partial charge on any atom is 0.340 e. The molecule has 0 spiro atoms. The third kappa shape index (κ3) is 6.89. The number of likely N-dealkylation sites (N-methyl/N-ethyl adjacent to an activating group) is 1. The number of hydrogen-bond acceptors (Lipinski definition) is 4. The Morgan fingerprint density at radius 1 is 1.05 bits per heavy atom. The molecule has 0 aromatic rings. The number of nitrogens with zero attached hydrogens (tertiary/aromatic N) is 1. The highest BCUT2D eigenvalue weighted by Crippen LogP contribution is 2.17. The highest BCUT2D eigenvalue weighted by molar-refractivity contribution is 5.77. The zero-order valence-corrected chi connectivity index (χ0v) is 12.5. The fourth-order valence-electron chi connectivity index (χ4n) is 2.18. The number of carboxylic acids is 1. The van der Waals surface area contributed by atoms with Crippen molar-refractivity contribution in [3.05, 3.63) is 0 Å². The van der Waals surface area contributed by atoms with Gasteiger partial charge in [-0.15, -0.1) is 0 Å². The van der Waals surface area contributed by atoms with Crippen molar-refractivity contribution >= 4 is 5.97 Å². The van der Waals surface area contributed by atoms with Crippen molar-refractivity contribution in [3.8, 4) is 0 Å². The largest absolute Gasteiger partial charge is 0.479 e. The first-order valence-corrected chi connectivity index (χ1v) is 7.53. The number of hydrogen-bond donors (Lipinski definition) is 3. The highest BCUT2D eigenvalue weighted by atomic mass is 16.4. The van der Waals surface area contributed by atoms with Gasteiger partial charge in [-0.1, -0.05) is 58.8 Å². The second kappa shape index (κ2) is 10.2. The second-order valence-corrected chi connectivity index (χ2v) is 5.24. The molecular weight excluding hydrogens is 242 g/mol. The Morgan fingerprint density at radius 3 is 1.95 bits per heavy atom. The number of aliphatic carboxylic acids is 1. The SMILES string of the molecule is CCCCCCCCCCC(N)(C(=O)O)N(N)CC. The van der Waals surface area contributed by atoms with Crippen molar-refractivity contribution in [1.29, 1.82) is 0 Å². The number of rotatable bonds is 12. The van der Waals surface area contributed by atoms with Crippen molar-refractivity contribution in [2.45, 2.75) is 77.3 Å². The average molecular weight is 273 g/mol. The lowest BCUT2D eigenvalue weighted by molar-refractivity contribution is -0.152. The maximum absolute atomic E-state index is 11.2. The molecule has 5 N–H and O–H groups in total. The molecule has 1 unspecified atom stereocenters. The number of nitrogens with two attached hydrogens (primary N) is 2. The summed E-state index contributed by atoms with van der Waals surface area (Å²) in [6, 6.07) is 0. The molecule has 0 radical (unpaired) electrons. The van der Waals surface area contributed by atoms with Gasteiger partial charge in [-0.05, 0) is 12.8 Å². The average Bonchev–Trinajstić information content (AvgIpc) is 2.40. The summed E-state index contributed by atoms with van der Waals surface area (Å²) in [6.07, 6.45) is 9.77. The Hall–Kier alpha value is -0.650. The lowest BCUT2D eigenvalue weighted by atomic mass is 10.00. The molecule has 114 valence electrons. The Balaban J connectivity index is 3.80. The maximum atomic E-state index is 11.2. The van der Waals surface area contributed by atoms with Gasteiger partial charge in [0.05, 0.1) is 0 Å². The summed E-state index contributed by atoms with van der Waals surface area (Å²) in [5.74, 6) is 4.63. The van der Waals surface area contributed by atoms with Gasteiger partial charge in [0.25, 0.3) is 0 Å². The molecule has 1 atom stereocenters. The summed E-state index contributed by atoms with van der Waals surface area (Å²) in [7, 11) is 0. The van der Waals surface area contributed by atoms with Crippen LogP contribution in [0.4, 0.5) is 0 Å². The van der Waals surface area contributed by atoms with Crippen LogP contribution >= 0.6 is 0 Å². The van der Waals surface area contributed by atoms with Crippen LogP contribution in [-0.4, -0.2) is 28.3 Å². The van der Waals surface area contributed by atoms with E-state index in [1.165, 1.54) is 37.1 Å². The summed E-state index contributed by atoms with van der Waals surface area (Å²) in [6.45, 7) is 4.44. The monoisotopic (exact) mass is 273 g/mol. The summed E-state index contributed by atoms with van der Waals surface area (Å²) < 4.78 is 0. The first-order valence-electron chi connectivity index (χ1n) is 7.53. The van der Waals surface area contributed by atoms with Gasteiger partial charge in [0.2, 0.25) is 0 Å². The Morgan fingerprint density at radius 2 is 1.53 bits per heavy atom. The highest BCUT2D eigenvalue weighted by Gasteiger charge is 2.37. The standard InChI is InChI=1S/C14H31N3O2/c1-3-5-6-7-8-9-10-11-12-14(15,13(18)19)17(16)4-2/h3-12,15-16H2,1-2H3,(H,18,19). The molecule has 5 heteroatoms. The van der Waals surface area contributed by atoms with Crippen LogP contribution in [0.15, 0.2) is 0 Å². The normalized spacial score (nSPS) is 14.6. The number of unbranched alkanes of at least 4 members (excludes halogenated alkanes) is 7. The van der Waals surface area contributed by atoms with Crippen LogP contribution < -0.4 is 11.6 Å². The Kier molecular flexibility index (Phi) is 9.83. The van der Waals surface area contributed by atoms with E-state index in [-0.39, 0.29) is 0 Å². The van der Waals surface area contributed by atoms with E-state index in [1.54, 1.807) is 6.92 Å². The minimum atomic E-state index is -1.42. The summed E-state index contributed by atoms with van der Waals surface area (Å²) in [5.41, 5.74) is 4.46. The van der Waals surface area contributed by atoms with Crippen LogP contribution in [-0.2, 0) is 4.79 Å². The van der Waals surface area contributed by atoms with Gasteiger partial charge in [0.1, 0.15) is 0 Å². The minimum absolute atomic E-state index is 0.404. The lowest BCUT2D eigenvalue weighted by Crippen LogP contribution is -2.64. The van der Waals surface area contributed by atoms with E-state index < -0.39 is 11.6 Å². The van der Waals surface area contributed by atoms with Gasteiger partial charge < -0.3 is 10.8 Å². The van der Waals surface area contributed by atoms with E-state index in [4.69, 9.17) is 11.6 Å². The molecule has 0 saturated heterocycles. The topological polar surface area (TPSA) is 92.6 Å². The van der Waals surface area contributed by atoms with Gasteiger partial charge in [-0.25, -0.2) is 9.80 Å². The first-order chi connectivity index (χ1) is 8.99. The third-order valence-corrected chi connectivity index (χ3v) is 3.64. The minimum Gasteiger partial charge on any atom is -0.479 e. The van der Waals surface area contributed by atoms with Gasteiger partial charge >= 0.3 is 5.97 Å². The quantitative estimate of drug-likeness (QED) is 0.220. The molecule has 5 nitrogen and oxygen atoms in total. The molecule has 0 bridgehead atoms. The first kappa shape index (κ1) is 18.4. The van der Waals surface area contributed by atoms with Crippen molar-refractivity contribution in [1.82, 2.24) is 5.01 Å². The van der Waals surface area contributed by atoms with Gasteiger partial charge in [-0.2, -0.15) is 0 Å². The van der Waals surface area contributed by atoms with Crippen molar-refractivity contribution < 1.29 is 9.90 Å². The van der Waals surface area contributed by atoms with E-state index in [0.29, 0.717) is 13.0 Å². The molecule has 0 aromatic heterocycles. The predicted octanol–water partition coefficient (Wildman–Crippen LogP) is 2.45. The van der Waals surface area contributed by atoms with E-state index in [2.05, 4.69) is 6.92 Å². The van der Waals surface area contributed by atoms with Crippen molar-refractivity contribution in [3.63, 3.8) is 0 Å². The predicted molar refractivity (Wildman–Crippen MR) is 78.3 cm³/mol. The van der Waals surface area contributed by atoms with Crippen LogP contribution in [0, 0.1) is 0 Å². The third-order valence-electron chi connectivity index (χ3n) is 3.64. The van der Waals surface area contributed by atoms with E-state index in [9.17, 15) is 9.90 Å². The van der Waals surface area contributed by atoms with Crippen molar-refractivity contribution in [2.24, 2.45) is 11.6 Å². The molecule has 0 aliphatic rings. The molecule has 19 heavy (non-hydrogen) atoms. The zero-order valence-electron chi connectivity index (χ0n) is 12.5. The van der Waals surface area contributed by atoms with Crippen molar-refractivity contribution in [2.75, 3.05) is 6.54 Å². The molecule has 0 amide bonds. The van der Waals surface area contributed by atoms with Gasteiger partial charge in [-0.3, -0.25) is 5.84 Å². The Bertz CT molecular complexity index is 249. The number of carboxylic acid groups (broad SMARTS) is 1. The van der Waals surface area contributed by atoms with Crippen LogP contribution in [0.25, 0.3) is 0 Å². The molecular formula is C14H31N3O2. The Labute approximate surface area is 117 Å². The molecule has 0 rings (SSSR count). The second-order valence-electron chi connectivity index (χ2n) is 5.24. The van der Waals surface area contributed by atoms with Crippen LogP contribution in [0.1, 0.15) is 71.6 Å². The van der Waals surface area contributed by atoms with E-state index in [1.807, 2.05) is 0 Å². The summed E-state index contributed by atoms with van der Waals surface area (Å²) in [4.78, 5) is 11.2. The fourth-order valence-corrected chi connectivity index (χ4v) is 2.18. The van der Waals surface area contributed by atoms with Gasteiger partial charge in [0, 0.05) is 6.54 Å². The van der Waals surface area contributed by atoms with E-state index >= 15 is 0 Å². The molecule has 0 aliphatic carbocycles. The number of carbonyl (C=O) groups is 1. The molecule has 0 aromatic carbocycles. The van der Waals surface area contributed by atoms with Crippen LogP contribution in [0.2, 0.25) is 0 Å². The summed E-state index contributed by atoms with van der Waals surface area (Å²) >= 11 is 0. The van der Waals surface area contributed by atoms with E-state index in [0.717, 1.165) is 19.3 Å². The smallest absolute Gasteiger partial charge is 0.340 e. The molecule has 0 fully saturated rings. The molecule has 0 aliphatic heterocycles. The molecule has 0 heterocycles. The molecule has 0 saturated carbocycles.